The second-order valence-electron chi connectivity index (χ2n) is 18.3. The minimum atomic E-state index is -3.89. The van der Waals surface area contributed by atoms with E-state index in [1.54, 1.807) is 30.3 Å². The largest absolute Gasteiger partial charge is 0.453 e. The number of nitrogens with one attached hydrogen (secondary N) is 2. The molecular formula is C48H66FN7O5S. The summed E-state index contributed by atoms with van der Waals surface area (Å²) in [6.45, 7) is 12.9. The molecule has 2 amide bonds. The molecule has 2 N–H and O–H groups in total. The molecule has 0 bridgehead atoms. The van der Waals surface area contributed by atoms with E-state index in [2.05, 4.69) is 42.9 Å². The minimum absolute atomic E-state index is 0.0223. The maximum Gasteiger partial charge on any atom is 0.407 e. The maximum atomic E-state index is 15.1. The van der Waals surface area contributed by atoms with Gasteiger partial charge in [-0.05, 0) is 163 Å². The molecule has 3 heterocycles. The van der Waals surface area contributed by atoms with E-state index in [0.29, 0.717) is 23.2 Å². The van der Waals surface area contributed by atoms with Gasteiger partial charge in [-0.2, -0.15) is 0 Å². The van der Waals surface area contributed by atoms with Gasteiger partial charge in [0.1, 0.15) is 5.82 Å². The van der Waals surface area contributed by atoms with Crippen LogP contribution in [0.25, 0.3) is 0 Å². The Morgan fingerprint density at radius 1 is 0.903 bits per heavy atom. The summed E-state index contributed by atoms with van der Waals surface area (Å²) in [6, 6.07) is 19.4. The highest BCUT2D eigenvalue weighted by Gasteiger charge is 2.53. The quantitative estimate of drug-likeness (QED) is 0.138. The van der Waals surface area contributed by atoms with Gasteiger partial charge in [-0.25, -0.2) is 17.6 Å². The SMILES string of the molecule is C=CC(=O)Nc1cc(N(C)CCCN(C)C)cc(S(=O)(=O)c2ccc(N3CC(CN4CCC([C@@](CN5CCC5)(c5cccc(F)c5)[C@H]5CCC[C@@H]5NC(=O)OC)CC4)C3)cc2)c1. The summed E-state index contributed by atoms with van der Waals surface area (Å²) in [7, 11) is 3.48. The number of methoxy groups -OCH3 is 1. The number of likely N-dealkylation sites (tertiary alicyclic amines) is 2. The number of amides is 2. The first-order valence-electron chi connectivity index (χ1n) is 22.4. The zero-order valence-corrected chi connectivity index (χ0v) is 37.8. The van der Waals surface area contributed by atoms with E-state index < -0.39 is 21.8 Å². The number of carbonyl (C=O) groups excluding carboxylic acids is 2. The molecule has 62 heavy (non-hydrogen) atoms. The fraction of sp³-hybridized carbons (Fsp3) is 0.542. The van der Waals surface area contributed by atoms with Crippen LogP contribution in [-0.2, 0) is 24.8 Å². The summed E-state index contributed by atoms with van der Waals surface area (Å²) in [5.74, 6) is 0.396. The van der Waals surface area contributed by atoms with Crippen LogP contribution < -0.4 is 20.4 Å². The van der Waals surface area contributed by atoms with E-state index in [-0.39, 0.29) is 33.0 Å². The first-order valence-corrected chi connectivity index (χ1v) is 23.9. The number of piperidine rings is 1. The normalized spacial score (nSPS) is 21.2. The summed E-state index contributed by atoms with van der Waals surface area (Å²) in [5.41, 5.74) is 2.85. The average Bonchev–Trinajstić information content (AvgIpc) is 3.70. The number of hydrogen-bond donors (Lipinski definition) is 2. The molecule has 0 spiro atoms. The van der Waals surface area contributed by atoms with Crippen LogP contribution in [0.15, 0.2) is 89.2 Å². The Bertz CT molecular complexity index is 2140. The van der Waals surface area contributed by atoms with Gasteiger partial charge in [-0.1, -0.05) is 25.1 Å². The van der Waals surface area contributed by atoms with Crippen LogP contribution in [0.5, 0.6) is 0 Å². The molecular weight excluding hydrogens is 806 g/mol. The molecule has 3 aromatic carbocycles. The van der Waals surface area contributed by atoms with E-state index in [9.17, 15) is 18.0 Å². The zero-order chi connectivity index (χ0) is 44.0. The Kier molecular flexibility index (Phi) is 14.6. The smallest absolute Gasteiger partial charge is 0.407 e. The highest BCUT2D eigenvalue weighted by Crippen LogP contribution is 2.51. The molecule has 4 fully saturated rings. The van der Waals surface area contributed by atoms with Crippen molar-refractivity contribution in [3.63, 3.8) is 0 Å². The van der Waals surface area contributed by atoms with Crippen LogP contribution in [0.3, 0.4) is 0 Å². The summed E-state index contributed by atoms with van der Waals surface area (Å²) in [5, 5.41) is 5.94. The van der Waals surface area contributed by atoms with Crippen molar-refractivity contribution in [1.29, 1.82) is 0 Å². The Morgan fingerprint density at radius 3 is 2.29 bits per heavy atom. The number of hydrogen-bond acceptors (Lipinski definition) is 10. The maximum absolute atomic E-state index is 15.1. The van der Waals surface area contributed by atoms with Crippen molar-refractivity contribution in [1.82, 2.24) is 20.0 Å². The molecule has 3 atom stereocenters. The molecule has 12 nitrogen and oxygen atoms in total. The lowest BCUT2D eigenvalue weighted by Gasteiger charge is -2.54. The Labute approximate surface area is 368 Å². The molecule has 3 saturated heterocycles. The fourth-order valence-corrected chi connectivity index (χ4v) is 11.9. The summed E-state index contributed by atoms with van der Waals surface area (Å²) in [6.07, 6.45) is 7.77. The van der Waals surface area contributed by atoms with Crippen LogP contribution in [0.2, 0.25) is 0 Å². The number of rotatable bonds is 18. The van der Waals surface area contributed by atoms with Gasteiger partial charge in [0.05, 0.1) is 16.9 Å². The zero-order valence-electron chi connectivity index (χ0n) is 37.0. The van der Waals surface area contributed by atoms with Crippen molar-refractivity contribution in [3.8, 4) is 0 Å². The van der Waals surface area contributed by atoms with Crippen molar-refractivity contribution in [2.24, 2.45) is 17.8 Å². The second kappa shape index (κ2) is 19.9. The van der Waals surface area contributed by atoms with E-state index in [4.69, 9.17) is 4.74 Å². The highest BCUT2D eigenvalue weighted by atomic mass is 32.2. The van der Waals surface area contributed by atoms with Gasteiger partial charge in [0.15, 0.2) is 0 Å². The van der Waals surface area contributed by atoms with E-state index in [1.165, 1.54) is 31.7 Å². The molecule has 0 unspecified atom stereocenters. The van der Waals surface area contributed by atoms with Gasteiger partial charge in [0, 0.05) is 74.2 Å². The van der Waals surface area contributed by atoms with Crippen molar-refractivity contribution < 1.29 is 27.1 Å². The number of anilines is 3. The third-order valence-electron chi connectivity index (χ3n) is 14.0. The predicted molar refractivity (Wildman–Crippen MR) is 244 cm³/mol. The molecule has 14 heteroatoms. The third-order valence-corrected chi connectivity index (χ3v) is 15.7. The van der Waals surface area contributed by atoms with Crippen molar-refractivity contribution in [2.75, 3.05) is 109 Å². The van der Waals surface area contributed by atoms with Gasteiger partial charge in [-0.3, -0.25) is 4.79 Å². The van der Waals surface area contributed by atoms with E-state index in [1.807, 2.05) is 44.2 Å². The summed E-state index contributed by atoms with van der Waals surface area (Å²) >= 11 is 0. The number of ether oxygens (including phenoxy) is 1. The third kappa shape index (κ3) is 10.3. The summed E-state index contributed by atoms with van der Waals surface area (Å²) < 4.78 is 48.2. The molecule has 0 radical (unpaired) electrons. The molecule has 3 aliphatic heterocycles. The number of sulfone groups is 1. The second-order valence-corrected chi connectivity index (χ2v) is 20.2. The topological polar surface area (TPSA) is 118 Å². The standard InChI is InChI=1S/C48H66FN7O5S/c1-6-46(57)50-39-28-41(53(4)22-9-21-52(2)3)30-43(29-39)62(59,60)42-17-15-40(16-18-42)56-32-35(33-56)31-54-25-19-36(20-26-54)48(34-55-23-10-24-55,37-11-7-12-38(49)27-37)44-13-8-14-45(44)51-47(58)61-5/h6-7,11-12,15-18,27-30,35-36,44-45H,1,8-10,13-14,19-26,31-34H2,2-5H3,(H,50,57)(H,51,58)/t44-,45-,48-/m0/s1. The van der Waals surface area contributed by atoms with Crippen LogP contribution in [0, 0.1) is 23.6 Å². The molecule has 3 aromatic rings. The van der Waals surface area contributed by atoms with Crippen molar-refractivity contribution in [2.45, 2.75) is 66.2 Å². The van der Waals surface area contributed by atoms with Gasteiger partial charge < -0.3 is 39.9 Å². The predicted octanol–water partition coefficient (Wildman–Crippen LogP) is 6.49. The monoisotopic (exact) mass is 871 g/mol. The number of halogens is 1. The summed E-state index contributed by atoms with van der Waals surface area (Å²) in [4.78, 5) is 36.6. The van der Waals surface area contributed by atoms with Gasteiger partial charge in [0.2, 0.25) is 15.7 Å². The lowest BCUT2D eigenvalue weighted by atomic mass is 9.57. The number of nitrogens with zero attached hydrogens (tertiary/aromatic N) is 5. The molecule has 336 valence electrons. The molecule has 0 aromatic heterocycles. The number of carbonyl (C=O) groups is 2. The van der Waals surface area contributed by atoms with Crippen LogP contribution in [0.4, 0.5) is 26.2 Å². The average molecular weight is 872 g/mol. The Balaban J connectivity index is 0.993. The molecule has 1 saturated carbocycles. The van der Waals surface area contributed by atoms with Crippen LogP contribution in [-0.4, -0.2) is 135 Å². The van der Waals surface area contributed by atoms with Crippen LogP contribution >= 0.6 is 0 Å². The first-order chi connectivity index (χ1) is 29.8. The lowest BCUT2D eigenvalue weighted by Crippen LogP contribution is -2.60. The minimum Gasteiger partial charge on any atom is -0.453 e. The molecule has 1 aliphatic carbocycles. The van der Waals surface area contributed by atoms with Gasteiger partial charge in [0.25, 0.3) is 0 Å². The lowest BCUT2D eigenvalue weighted by molar-refractivity contribution is -0.111. The molecule has 4 aliphatic rings. The van der Waals surface area contributed by atoms with Crippen LogP contribution in [0.1, 0.15) is 50.5 Å². The van der Waals surface area contributed by atoms with Gasteiger partial charge >= 0.3 is 6.09 Å². The van der Waals surface area contributed by atoms with Crippen molar-refractivity contribution in [3.05, 3.63) is 90.8 Å². The first kappa shape index (κ1) is 45.5. The molecule has 7 rings (SSSR count). The Morgan fingerprint density at radius 2 is 1.65 bits per heavy atom. The van der Waals surface area contributed by atoms with Crippen molar-refractivity contribution >= 4 is 38.9 Å². The number of alkyl carbamates (subject to hydrolysis) is 1. The van der Waals surface area contributed by atoms with E-state index in [0.717, 1.165) is 115 Å². The fourth-order valence-electron chi connectivity index (χ4n) is 10.6. The Hall–Kier alpha value is -4.50. The van der Waals surface area contributed by atoms with E-state index >= 15 is 4.39 Å². The highest BCUT2D eigenvalue weighted by molar-refractivity contribution is 7.91. The van der Waals surface area contributed by atoms with Gasteiger partial charge in [-0.15, -0.1) is 0 Å². The number of benzene rings is 3.